The molecule has 9 heteroatoms. The SMILES string of the molecule is CCOC(=O)C1CC(OS(C)(=O)=O)CC1C(=O)NCC#N. The van der Waals surface area contributed by atoms with Gasteiger partial charge in [0.05, 0.1) is 36.9 Å². The lowest BCUT2D eigenvalue weighted by atomic mass is 9.95. The molecule has 0 aliphatic heterocycles. The van der Waals surface area contributed by atoms with Gasteiger partial charge in [-0.3, -0.25) is 13.8 Å². The minimum atomic E-state index is -3.67. The standard InChI is InChI=1S/C12H18N2O6S/c1-3-19-12(16)10-7-8(20-21(2,17)18)6-9(10)11(15)14-5-4-13/h8-10H,3,5-7H2,1-2H3,(H,14,15). The van der Waals surface area contributed by atoms with E-state index in [4.69, 9.17) is 14.2 Å². The number of carbonyl (C=O) groups is 2. The fourth-order valence-corrected chi connectivity index (χ4v) is 3.03. The highest BCUT2D eigenvalue weighted by atomic mass is 32.2. The van der Waals surface area contributed by atoms with Gasteiger partial charge in [0.1, 0.15) is 6.54 Å². The second kappa shape index (κ2) is 7.38. The van der Waals surface area contributed by atoms with E-state index >= 15 is 0 Å². The molecule has 0 spiro atoms. The summed E-state index contributed by atoms with van der Waals surface area (Å²) < 4.78 is 32.1. The predicted octanol–water partition coefficient (Wildman–Crippen LogP) is -0.440. The molecule has 1 aliphatic rings. The van der Waals surface area contributed by atoms with Crippen molar-refractivity contribution in [2.45, 2.75) is 25.9 Å². The van der Waals surface area contributed by atoms with Gasteiger partial charge in [-0.15, -0.1) is 0 Å². The Morgan fingerprint density at radius 3 is 2.48 bits per heavy atom. The highest BCUT2D eigenvalue weighted by Crippen LogP contribution is 2.35. The number of hydrogen-bond acceptors (Lipinski definition) is 7. The molecule has 0 aromatic rings. The maximum Gasteiger partial charge on any atom is 0.309 e. The van der Waals surface area contributed by atoms with Gasteiger partial charge >= 0.3 is 5.97 Å². The second-order valence-electron chi connectivity index (χ2n) is 4.73. The Bertz CT molecular complexity index is 538. The third-order valence-electron chi connectivity index (χ3n) is 3.10. The Hall–Kier alpha value is -1.66. The zero-order chi connectivity index (χ0) is 16.0. The van der Waals surface area contributed by atoms with Gasteiger partial charge in [-0.05, 0) is 19.8 Å². The van der Waals surface area contributed by atoms with Crippen LogP contribution < -0.4 is 5.32 Å². The monoisotopic (exact) mass is 318 g/mol. The van der Waals surface area contributed by atoms with Crippen LogP contribution in [0.4, 0.5) is 0 Å². The molecular formula is C12H18N2O6S. The van der Waals surface area contributed by atoms with Crippen molar-refractivity contribution < 1.29 is 26.9 Å². The van der Waals surface area contributed by atoms with E-state index in [1.807, 2.05) is 0 Å². The molecule has 21 heavy (non-hydrogen) atoms. The number of nitrogens with zero attached hydrogens (tertiary/aromatic N) is 1. The van der Waals surface area contributed by atoms with E-state index in [1.54, 1.807) is 13.0 Å². The molecule has 1 rings (SSSR count). The summed E-state index contributed by atoms with van der Waals surface area (Å²) in [5, 5.41) is 10.8. The average Bonchev–Trinajstić information content (AvgIpc) is 2.78. The smallest absolute Gasteiger partial charge is 0.309 e. The average molecular weight is 318 g/mol. The molecule has 3 unspecified atom stereocenters. The zero-order valence-corrected chi connectivity index (χ0v) is 12.7. The number of nitriles is 1. The van der Waals surface area contributed by atoms with E-state index < -0.39 is 39.9 Å². The van der Waals surface area contributed by atoms with Crippen molar-refractivity contribution in [2.24, 2.45) is 11.8 Å². The molecule has 1 aliphatic carbocycles. The Kier molecular flexibility index (Phi) is 6.11. The molecule has 3 atom stereocenters. The number of hydrogen-bond donors (Lipinski definition) is 1. The first-order chi connectivity index (χ1) is 9.78. The van der Waals surface area contributed by atoms with Gasteiger partial charge in [-0.25, -0.2) is 0 Å². The molecule has 0 saturated heterocycles. The van der Waals surface area contributed by atoms with Crippen molar-refractivity contribution >= 4 is 22.0 Å². The number of rotatable bonds is 6. The van der Waals surface area contributed by atoms with Crippen LogP contribution in [-0.2, 0) is 28.6 Å². The van der Waals surface area contributed by atoms with Crippen LogP contribution in [0.1, 0.15) is 19.8 Å². The summed E-state index contributed by atoms with van der Waals surface area (Å²) in [7, 11) is -3.67. The fraction of sp³-hybridized carbons (Fsp3) is 0.750. The zero-order valence-electron chi connectivity index (χ0n) is 11.9. The number of amides is 1. The van der Waals surface area contributed by atoms with Crippen LogP contribution in [0.15, 0.2) is 0 Å². The first-order valence-corrected chi connectivity index (χ1v) is 8.29. The van der Waals surface area contributed by atoms with Gasteiger partial charge in [0.25, 0.3) is 10.1 Å². The number of esters is 1. The summed E-state index contributed by atoms with van der Waals surface area (Å²) in [5.41, 5.74) is 0. The van der Waals surface area contributed by atoms with Gasteiger partial charge in [0, 0.05) is 0 Å². The quantitative estimate of drug-likeness (QED) is 0.400. The summed E-state index contributed by atoms with van der Waals surface area (Å²) in [6.07, 6.45) is 0.354. The molecule has 118 valence electrons. The number of ether oxygens (including phenoxy) is 1. The van der Waals surface area contributed by atoms with Crippen molar-refractivity contribution in [3.8, 4) is 6.07 Å². The van der Waals surface area contributed by atoms with Crippen molar-refractivity contribution in [3.05, 3.63) is 0 Å². The Balaban J connectivity index is 2.82. The topological polar surface area (TPSA) is 123 Å². The van der Waals surface area contributed by atoms with Crippen molar-refractivity contribution in [1.82, 2.24) is 5.32 Å². The minimum Gasteiger partial charge on any atom is -0.466 e. The second-order valence-corrected chi connectivity index (χ2v) is 6.34. The normalized spacial score (nSPS) is 25.1. The van der Waals surface area contributed by atoms with E-state index in [0.29, 0.717) is 0 Å². The van der Waals surface area contributed by atoms with Gasteiger partial charge < -0.3 is 10.1 Å². The summed E-state index contributed by atoms with van der Waals surface area (Å²) in [6.45, 7) is 1.63. The third kappa shape index (κ3) is 5.32. The largest absolute Gasteiger partial charge is 0.466 e. The molecule has 0 aromatic heterocycles. The summed E-state index contributed by atoms with van der Waals surface area (Å²) >= 11 is 0. The first-order valence-electron chi connectivity index (χ1n) is 6.48. The van der Waals surface area contributed by atoms with Gasteiger partial charge in [-0.1, -0.05) is 0 Å². The van der Waals surface area contributed by atoms with Crippen LogP contribution >= 0.6 is 0 Å². The molecule has 0 radical (unpaired) electrons. The minimum absolute atomic E-state index is 0.0911. The first kappa shape index (κ1) is 17.4. The molecule has 0 aromatic carbocycles. The van der Waals surface area contributed by atoms with Crippen molar-refractivity contribution in [2.75, 3.05) is 19.4 Å². The molecule has 1 amide bonds. The van der Waals surface area contributed by atoms with E-state index in [2.05, 4.69) is 5.32 Å². The molecule has 1 N–H and O–H groups in total. The van der Waals surface area contributed by atoms with Gasteiger partial charge in [-0.2, -0.15) is 13.7 Å². The Morgan fingerprint density at radius 1 is 1.33 bits per heavy atom. The summed E-state index contributed by atoms with van der Waals surface area (Å²) in [6, 6.07) is 1.77. The van der Waals surface area contributed by atoms with Gasteiger partial charge in [0.15, 0.2) is 0 Å². The lowest BCUT2D eigenvalue weighted by Crippen LogP contribution is -2.36. The van der Waals surface area contributed by atoms with Crippen LogP contribution in [-0.4, -0.2) is 45.8 Å². The van der Waals surface area contributed by atoms with E-state index in [0.717, 1.165) is 6.26 Å². The van der Waals surface area contributed by atoms with Crippen LogP contribution in [0.5, 0.6) is 0 Å². The molecule has 1 fully saturated rings. The number of carbonyl (C=O) groups excluding carboxylic acids is 2. The fourth-order valence-electron chi connectivity index (χ4n) is 2.37. The predicted molar refractivity (Wildman–Crippen MR) is 71.2 cm³/mol. The highest BCUT2D eigenvalue weighted by Gasteiger charge is 2.45. The third-order valence-corrected chi connectivity index (χ3v) is 3.72. The molecule has 0 bridgehead atoms. The van der Waals surface area contributed by atoms with Crippen molar-refractivity contribution in [3.63, 3.8) is 0 Å². The maximum atomic E-state index is 12.0. The Morgan fingerprint density at radius 2 is 1.95 bits per heavy atom. The lowest BCUT2D eigenvalue weighted by Gasteiger charge is -2.16. The van der Waals surface area contributed by atoms with E-state index in [9.17, 15) is 18.0 Å². The number of nitrogens with one attached hydrogen (secondary N) is 1. The summed E-state index contributed by atoms with van der Waals surface area (Å²) in [5.74, 6) is -2.57. The molecule has 0 heterocycles. The van der Waals surface area contributed by atoms with Gasteiger partial charge in [0.2, 0.25) is 5.91 Å². The van der Waals surface area contributed by atoms with Crippen LogP contribution in [0.2, 0.25) is 0 Å². The molecular weight excluding hydrogens is 300 g/mol. The maximum absolute atomic E-state index is 12.0. The Labute approximate surface area is 123 Å². The lowest BCUT2D eigenvalue weighted by molar-refractivity contribution is -0.151. The summed E-state index contributed by atoms with van der Waals surface area (Å²) in [4.78, 5) is 23.8. The molecule has 8 nitrogen and oxygen atoms in total. The van der Waals surface area contributed by atoms with Crippen LogP contribution in [0.3, 0.4) is 0 Å². The van der Waals surface area contributed by atoms with Crippen LogP contribution in [0.25, 0.3) is 0 Å². The van der Waals surface area contributed by atoms with E-state index in [-0.39, 0.29) is 26.0 Å². The molecule has 1 saturated carbocycles. The van der Waals surface area contributed by atoms with Crippen molar-refractivity contribution in [1.29, 1.82) is 5.26 Å². The van der Waals surface area contributed by atoms with Crippen LogP contribution in [0, 0.1) is 23.2 Å². The highest BCUT2D eigenvalue weighted by molar-refractivity contribution is 7.86. The van der Waals surface area contributed by atoms with E-state index in [1.165, 1.54) is 0 Å².